The van der Waals surface area contributed by atoms with Crippen molar-refractivity contribution < 1.29 is 4.52 Å². The SMILES string of the molecule is Cc1cc(Nc2nc(NCc3cc(-c4ccccc4Br)no3)ncc2Br)n[nH]1. The van der Waals surface area contributed by atoms with Crippen molar-refractivity contribution in [2.75, 3.05) is 10.6 Å². The molecule has 0 amide bonds. The number of aromatic amines is 1. The van der Waals surface area contributed by atoms with Crippen molar-refractivity contribution in [3.8, 4) is 11.3 Å². The Hall–Kier alpha value is -2.72. The smallest absolute Gasteiger partial charge is 0.225 e. The van der Waals surface area contributed by atoms with Gasteiger partial charge in [-0.25, -0.2) is 4.98 Å². The van der Waals surface area contributed by atoms with E-state index < -0.39 is 0 Å². The summed E-state index contributed by atoms with van der Waals surface area (Å²) in [6.45, 7) is 2.33. The third kappa shape index (κ3) is 4.23. The van der Waals surface area contributed by atoms with Gasteiger partial charge >= 0.3 is 0 Å². The fourth-order valence-corrected chi connectivity index (χ4v) is 3.28. The van der Waals surface area contributed by atoms with Crippen molar-refractivity contribution in [1.82, 2.24) is 25.3 Å². The Labute approximate surface area is 177 Å². The molecule has 0 unspecified atom stereocenters. The van der Waals surface area contributed by atoms with Crippen LogP contribution in [0.2, 0.25) is 0 Å². The van der Waals surface area contributed by atoms with Gasteiger partial charge in [0, 0.05) is 34.1 Å². The number of aryl methyl sites for hydroxylation is 1. The fourth-order valence-electron chi connectivity index (χ4n) is 2.50. The molecular weight excluding hydrogens is 490 g/mol. The van der Waals surface area contributed by atoms with Crippen LogP contribution in [0.25, 0.3) is 11.3 Å². The first-order valence-corrected chi connectivity index (χ1v) is 9.93. The molecule has 0 saturated heterocycles. The molecule has 10 heteroatoms. The van der Waals surface area contributed by atoms with Crippen LogP contribution < -0.4 is 10.6 Å². The van der Waals surface area contributed by atoms with E-state index in [1.54, 1.807) is 6.20 Å². The van der Waals surface area contributed by atoms with Crippen LogP contribution in [0.4, 0.5) is 17.6 Å². The van der Waals surface area contributed by atoms with E-state index >= 15 is 0 Å². The monoisotopic (exact) mass is 503 g/mol. The van der Waals surface area contributed by atoms with Gasteiger partial charge in [-0.05, 0) is 28.9 Å². The summed E-state index contributed by atoms with van der Waals surface area (Å²) in [7, 11) is 0. The van der Waals surface area contributed by atoms with E-state index in [1.165, 1.54) is 0 Å². The van der Waals surface area contributed by atoms with Crippen molar-refractivity contribution in [3.63, 3.8) is 0 Å². The van der Waals surface area contributed by atoms with Crippen LogP contribution in [0.3, 0.4) is 0 Å². The Morgan fingerprint density at radius 3 is 2.79 bits per heavy atom. The topological polar surface area (TPSA) is 105 Å². The molecule has 3 N–H and O–H groups in total. The molecule has 3 aromatic heterocycles. The molecule has 0 saturated carbocycles. The number of anilines is 3. The zero-order chi connectivity index (χ0) is 19.5. The summed E-state index contributed by atoms with van der Waals surface area (Å²) in [5, 5.41) is 17.4. The number of halogens is 2. The van der Waals surface area contributed by atoms with Gasteiger partial charge < -0.3 is 15.2 Å². The second-order valence-corrected chi connectivity index (χ2v) is 7.67. The highest BCUT2D eigenvalue weighted by molar-refractivity contribution is 9.11. The predicted molar refractivity (Wildman–Crippen MR) is 113 cm³/mol. The Bertz CT molecular complexity index is 1110. The Morgan fingerprint density at radius 1 is 1.14 bits per heavy atom. The number of benzene rings is 1. The van der Waals surface area contributed by atoms with Crippen LogP contribution in [-0.2, 0) is 6.54 Å². The summed E-state index contributed by atoms with van der Waals surface area (Å²) in [5.74, 6) is 2.41. The molecule has 0 atom stereocenters. The molecule has 0 radical (unpaired) electrons. The lowest BCUT2D eigenvalue weighted by atomic mass is 10.1. The molecule has 0 spiro atoms. The molecule has 8 nitrogen and oxygen atoms in total. The van der Waals surface area contributed by atoms with E-state index in [4.69, 9.17) is 4.52 Å². The van der Waals surface area contributed by atoms with Crippen LogP contribution in [-0.4, -0.2) is 25.3 Å². The summed E-state index contributed by atoms with van der Waals surface area (Å²) < 4.78 is 7.11. The highest BCUT2D eigenvalue weighted by Crippen LogP contribution is 2.28. The van der Waals surface area contributed by atoms with Gasteiger partial charge in [0.25, 0.3) is 0 Å². The lowest BCUT2D eigenvalue weighted by Crippen LogP contribution is -2.05. The van der Waals surface area contributed by atoms with Gasteiger partial charge in [0.15, 0.2) is 17.4 Å². The average molecular weight is 505 g/mol. The van der Waals surface area contributed by atoms with E-state index in [0.29, 0.717) is 29.9 Å². The third-order valence-electron chi connectivity index (χ3n) is 3.83. The quantitative estimate of drug-likeness (QED) is 0.337. The average Bonchev–Trinajstić information content (AvgIpc) is 3.32. The summed E-state index contributed by atoms with van der Waals surface area (Å²) in [5.41, 5.74) is 2.69. The summed E-state index contributed by atoms with van der Waals surface area (Å²) in [4.78, 5) is 8.74. The standard InChI is InChI=1S/C18H15Br2N7O/c1-10-6-16(26-25-10)23-17-14(20)9-22-18(24-17)21-8-11-7-15(27-28-11)12-4-2-3-5-13(12)19/h2-7,9H,8H2,1H3,(H3,21,22,23,24,25,26). The maximum atomic E-state index is 5.42. The van der Waals surface area contributed by atoms with Gasteiger partial charge in [-0.2, -0.15) is 10.1 Å². The normalized spacial score (nSPS) is 10.8. The highest BCUT2D eigenvalue weighted by Gasteiger charge is 2.11. The van der Waals surface area contributed by atoms with Crippen molar-refractivity contribution in [1.29, 1.82) is 0 Å². The van der Waals surface area contributed by atoms with E-state index in [-0.39, 0.29) is 0 Å². The van der Waals surface area contributed by atoms with E-state index in [1.807, 2.05) is 43.3 Å². The predicted octanol–water partition coefficient (Wildman–Crippen LogP) is 5.04. The number of hydrogen-bond acceptors (Lipinski definition) is 7. The fraction of sp³-hybridized carbons (Fsp3) is 0.111. The minimum Gasteiger partial charge on any atom is -0.359 e. The third-order valence-corrected chi connectivity index (χ3v) is 5.10. The van der Waals surface area contributed by atoms with Crippen LogP contribution >= 0.6 is 31.9 Å². The van der Waals surface area contributed by atoms with Gasteiger partial charge in [0.1, 0.15) is 5.69 Å². The van der Waals surface area contributed by atoms with Crippen LogP contribution in [0.15, 0.2) is 56.1 Å². The van der Waals surface area contributed by atoms with Gasteiger partial charge in [-0.3, -0.25) is 5.10 Å². The minimum absolute atomic E-state index is 0.403. The van der Waals surface area contributed by atoms with Crippen LogP contribution in [0, 0.1) is 6.92 Å². The largest absolute Gasteiger partial charge is 0.359 e. The summed E-state index contributed by atoms with van der Waals surface area (Å²) >= 11 is 6.97. The zero-order valence-corrected chi connectivity index (χ0v) is 17.9. The molecule has 0 aliphatic rings. The zero-order valence-electron chi connectivity index (χ0n) is 14.7. The van der Waals surface area contributed by atoms with Crippen molar-refractivity contribution >= 4 is 49.4 Å². The van der Waals surface area contributed by atoms with Crippen molar-refractivity contribution in [2.24, 2.45) is 0 Å². The number of nitrogens with one attached hydrogen (secondary N) is 3. The van der Waals surface area contributed by atoms with E-state index in [2.05, 4.69) is 67.8 Å². The summed E-state index contributed by atoms with van der Waals surface area (Å²) in [6, 6.07) is 11.6. The van der Waals surface area contributed by atoms with Crippen LogP contribution in [0.1, 0.15) is 11.5 Å². The van der Waals surface area contributed by atoms with Crippen molar-refractivity contribution in [2.45, 2.75) is 13.5 Å². The molecule has 28 heavy (non-hydrogen) atoms. The lowest BCUT2D eigenvalue weighted by Gasteiger charge is -2.07. The van der Waals surface area contributed by atoms with Gasteiger partial charge in [-0.1, -0.05) is 39.3 Å². The molecule has 4 aromatic rings. The maximum Gasteiger partial charge on any atom is 0.225 e. The highest BCUT2D eigenvalue weighted by atomic mass is 79.9. The van der Waals surface area contributed by atoms with Crippen LogP contribution in [0.5, 0.6) is 0 Å². The number of H-pyrrole nitrogens is 1. The molecule has 1 aromatic carbocycles. The first kappa shape index (κ1) is 18.6. The molecule has 0 aliphatic heterocycles. The summed E-state index contributed by atoms with van der Waals surface area (Å²) in [6.07, 6.45) is 1.67. The molecule has 142 valence electrons. The number of aromatic nitrogens is 5. The molecular formula is C18H15Br2N7O. The Morgan fingerprint density at radius 2 is 2.00 bits per heavy atom. The number of hydrogen-bond donors (Lipinski definition) is 3. The number of nitrogens with zero attached hydrogens (tertiary/aromatic N) is 4. The van der Waals surface area contributed by atoms with E-state index in [9.17, 15) is 0 Å². The second kappa shape index (κ2) is 8.11. The maximum absolute atomic E-state index is 5.42. The molecule has 0 fully saturated rings. The minimum atomic E-state index is 0.403. The van der Waals surface area contributed by atoms with Crippen molar-refractivity contribution in [3.05, 3.63) is 63.0 Å². The molecule has 0 aliphatic carbocycles. The molecule has 0 bridgehead atoms. The number of rotatable bonds is 6. The van der Waals surface area contributed by atoms with Gasteiger partial charge in [0.05, 0.1) is 11.0 Å². The first-order valence-electron chi connectivity index (χ1n) is 8.34. The van der Waals surface area contributed by atoms with E-state index in [0.717, 1.165) is 25.9 Å². The first-order chi connectivity index (χ1) is 13.6. The lowest BCUT2D eigenvalue weighted by molar-refractivity contribution is 0.390. The molecule has 3 heterocycles. The van der Waals surface area contributed by atoms with Gasteiger partial charge in [0.2, 0.25) is 5.95 Å². The second-order valence-electron chi connectivity index (χ2n) is 5.96. The van der Waals surface area contributed by atoms with Gasteiger partial charge in [-0.15, -0.1) is 0 Å². The Kier molecular flexibility index (Phi) is 5.40. The molecule has 4 rings (SSSR count). The Balaban J connectivity index is 1.45.